The second kappa shape index (κ2) is 6.02. The zero-order valence-corrected chi connectivity index (χ0v) is 9.80. The maximum absolute atomic E-state index is 11.3. The van der Waals surface area contributed by atoms with Gasteiger partial charge in [-0.05, 0) is 40.0 Å². The second-order valence-electron chi connectivity index (χ2n) is 4.65. The van der Waals surface area contributed by atoms with Crippen LogP contribution >= 0.6 is 0 Å². The van der Waals surface area contributed by atoms with Crippen molar-refractivity contribution >= 4 is 5.97 Å². The Balaban J connectivity index is 3.55. The fourth-order valence-corrected chi connectivity index (χ4v) is 1.11. The third kappa shape index (κ3) is 8.05. The molecule has 2 N–H and O–H groups in total. The van der Waals surface area contributed by atoms with E-state index in [1.54, 1.807) is 0 Å². The molecule has 0 saturated heterocycles. The van der Waals surface area contributed by atoms with E-state index in [1.165, 1.54) is 0 Å². The third-order valence-electron chi connectivity index (χ3n) is 1.90. The maximum Gasteiger partial charge on any atom is 0.306 e. The number of hydrogen-bond acceptors (Lipinski definition) is 3. The van der Waals surface area contributed by atoms with E-state index in [9.17, 15) is 4.79 Å². The van der Waals surface area contributed by atoms with Crippen molar-refractivity contribution in [2.24, 2.45) is 5.73 Å². The van der Waals surface area contributed by atoms with Crippen molar-refractivity contribution in [1.82, 2.24) is 0 Å². The molecule has 3 heteroatoms. The number of nitrogens with two attached hydrogens (primary N) is 1. The average molecular weight is 201 g/mol. The molecule has 0 saturated carbocycles. The predicted molar refractivity (Wildman–Crippen MR) is 58.0 cm³/mol. The molecule has 14 heavy (non-hydrogen) atoms. The SMILES string of the molecule is CCC(N)CCCC(=O)OC(C)(C)C. The number of hydrogen-bond donors (Lipinski definition) is 1. The summed E-state index contributed by atoms with van der Waals surface area (Å²) < 4.78 is 5.17. The highest BCUT2D eigenvalue weighted by Crippen LogP contribution is 2.10. The van der Waals surface area contributed by atoms with Crippen molar-refractivity contribution in [1.29, 1.82) is 0 Å². The molecule has 0 amide bonds. The maximum atomic E-state index is 11.3. The summed E-state index contributed by atoms with van der Waals surface area (Å²) in [6, 6.07) is 0.220. The van der Waals surface area contributed by atoms with Crippen molar-refractivity contribution in [2.45, 2.75) is 65.0 Å². The van der Waals surface area contributed by atoms with E-state index < -0.39 is 0 Å². The van der Waals surface area contributed by atoms with Crippen molar-refractivity contribution in [3.05, 3.63) is 0 Å². The van der Waals surface area contributed by atoms with Gasteiger partial charge < -0.3 is 10.5 Å². The first-order chi connectivity index (χ1) is 6.35. The molecule has 0 rings (SSSR count). The molecule has 0 radical (unpaired) electrons. The standard InChI is InChI=1S/C11H23NO2/c1-5-9(12)7-6-8-10(13)14-11(2,3)4/h9H,5-8,12H2,1-4H3. The first-order valence-corrected chi connectivity index (χ1v) is 5.32. The normalized spacial score (nSPS) is 13.8. The van der Waals surface area contributed by atoms with E-state index in [4.69, 9.17) is 10.5 Å². The summed E-state index contributed by atoms with van der Waals surface area (Å²) in [6.45, 7) is 7.69. The summed E-state index contributed by atoms with van der Waals surface area (Å²) in [4.78, 5) is 11.3. The summed E-state index contributed by atoms with van der Waals surface area (Å²) in [5, 5.41) is 0. The average Bonchev–Trinajstić information content (AvgIpc) is 2.00. The Labute approximate surface area is 87.0 Å². The van der Waals surface area contributed by atoms with Gasteiger partial charge >= 0.3 is 5.97 Å². The number of carbonyl (C=O) groups is 1. The lowest BCUT2D eigenvalue weighted by atomic mass is 10.1. The van der Waals surface area contributed by atoms with E-state index in [2.05, 4.69) is 6.92 Å². The van der Waals surface area contributed by atoms with Gasteiger partial charge in [0.05, 0.1) is 0 Å². The molecule has 0 bridgehead atoms. The number of carbonyl (C=O) groups excluding carboxylic acids is 1. The van der Waals surface area contributed by atoms with Gasteiger partial charge in [0, 0.05) is 12.5 Å². The molecule has 0 aliphatic rings. The van der Waals surface area contributed by atoms with E-state index >= 15 is 0 Å². The topological polar surface area (TPSA) is 52.3 Å². The summed E-state index contributed by atoms with van der Waals surface area (Å²) >= 11 is 0. The zero-order valence-electron chi connectivity index (χ0n) is 9.80. The van der Waals surface area contributed by atoms with Gasteiger partial charge in [0.15, 0.2) is 0 Å². The molecular formula is C11H23NO2. The minimum Gasteiger partial charge on any atom is -0.460 e. The predicted octanol–water partition coefficient (Wildman–Crippen LogP) is 2.24. The van der Waals surface area contributed by atoms with Gasteiger partial charge in [0.1, 0.15) is 5.60 Å². The van der Waals surface area contributed by atoms with E-state index in [0.717, 1.165) is 19.3 Å². The van der Waals surface area contributed by atoms with Crippen LogP contribution in [0.25, 0.3) is 0 Å². The van der Waals surface area contributed by atoms with Gasteiger partial charge in [-0.3, -0.25) is 4.79 Å². The van der Waals surface area contributed by atoms with E-state index in [-0.39, 0.29) is 17.6 Å². The quantitative estimate of drug-likeness (QED) is 0.694. The summed E-state index contributed by atoms with van der Waals surface area (Å²) in [5.74, 6) is -0.124. The largest absolute Gasteiger partial charge is 0.460 e. The van der Waals surface area contributed by atoms with Crippen LogP contribution in [-0.4, -0.2) is 17.6 Å². The van der Waals surface area contributed by atoms with Crippen molar-refractivity contribution in [2.75, 3.05) is 0 Å². The first kappa shape index (κ1) is 13.4. The summed E-state index contributed by atoms with van der Waals surface area (Å²) in [6.07, 6.45) is 3.17. The number of ether oxygens (including phenoxy) is 1. The van der Waals surface area contributed by atoms with Gasteiger partial charge in [0.2, 0.25) is 0 Å². The minimum atomic E-state index is -0.371. The van der Waals surface area contributed by atoms with Gasteiger partial charge in [-0.1, -0.05) is 6.92 Å². The van der Waals surface area contributed by atoms with Crippen LogP contribution < -0.4 is 5.73 Å². The highest BCUT2D eigenvalue weighted by molar-refractivity contribution is 5.69. The van der Waals surface area contributed by atoms with Crippen LogP contribution in [0.1, 0.15) is 53.4 Å². The highest BCUT2D eigenvalue weighted by Gasteiger charge is 2.15. The molecule has 0 aromatic heterocycles. The molecule has 0 heterocycles. The van der Waals surface area contributed by atoms with Gasteiger partial charge in [-0.25, -0.2) is 0 Å². The monoisotopic (exact) mass is 201 g/mol. The number of rotatable bonds is 5. The Bertz CT molecular complexity index is 173. The molecule has 1 atom stereocenters. The lowest BCUT2D eigenvalue weighted by Gasteiger charge is -2.19. The van der Waals surface area contributed by atoms with E-state index in [0.29, 0.717) is 6.42 Å². The van der Waals surface area contributed by atoms with E-state index in [1.807, 2.05) is 20.8 Å². The molecule has 3 nitrogen and oxygen atoms in total. The van der Waals surface area contributed by atoms with Crippen molar-refractivity contribution in [3.8, 4) is 0 Å². The molecule has 84 valence electrons. The molecule has 0 aliphatic carbocycles. The minimum absolute atomic E-state index is 0.124. The van der Waals surface area contributed by atoms with Crippen LogP contribution in [0.2, 0.25) is 0 Å². The Morgan fingerprint density at radius 2 is 2.00 bits per heavy atom. The van der Waals surface area contributed by atoms with Crippen molar-refractivity contribution < 1.29 is 9.53 Å². The smallest absolute Gasteiger partial charge is 0.306 e. The van der Waals surface area contributed by atoms with Gasteiger partial charge in [-0.15, -0.1) is 0 Å². The molecule has 0 spiro atoms. The fraction of sp³-hybridized carbons (Fsp3) is 0.909. The van der Waals surface area contributed by atoms with Crippen LogP contribution in [0.5, 0.6) is 0 Å². The Kier molecular flexibility index (Phi) is 5.77. The van der Waals surface area contributed by atoms with Crippen LogP contribution in [0.4, 0.5) is 0 Å². The second-order valence-corrected chi connectivity index (χ2v) is 4.65. The number of esters is 1. The molecule has 1 unspecified atom stereocenters. The van der Waals surface area contributed by atoms with Crippen LogP contribution in [0, 0.1) is 0 Å². The Morgan fingerprint density at radius 1 is 1.43 bits per heavy atom. The first-order valence-electron chi connectivity index (χ1n) is 5.32. The molecule has 0 aromatic rings. The third-order valence-corrected chi connectivity index (χ3v) is 1.90. The van der Waals surface area contributed by atoms with Crippen molar-refractivity contribution in [3.63, 3.8) is 0 Å². The molecular weight excluding hydrogens is 178 g/mol. The lowest BCUT2D eigenvalue weighted by Crippen LogP contribution is -2.24. The van der Waals surface area contributed by atoms with Crippen LogP contribution in [0.15, 0.2) is 0 Å². The zero-order chi connectivity index (χ0) is 11.2. The molecule has 0 aliphatic heterocycles. The Hall–Kier alpha value is -0.570. The van der Waals surface area contributed by atoms with Crippen LogP contribution in [0.3, 0.4) is 0 Å². The van der Waals surface area contributed by atoms with Gasteiger partial charge in [-0.2, -0.15) is 0 Å². The fourth-order valence-electron chi connectivity index (χ4n) is 1.11. The highest BCUT2D eigenvalue weighted by atomic mass is 16.6. The molecule has 0 fully saturated rings. The summed E-state index contributed by atoms with van der Waals surface area (Å²) in [5.41, 5.74) is 5.36. The Morgan fingerprint density at radius 3 is 2.43 bits per heavy atom. The van der Waals surface area contributed by atoms with Crippen LogP contribution in [-0.2, 0) is 9.53 Å². The lowest BCUT2D eigenvalue weighted by molar-refractivity contribution is -0.154. The van der Waals surface area contributed by atoms with Gasteiger partial charge in [0.25, 0.3) is 0 Å². The summed E-state index contributed by atoms with van der Waals surface area (Å²) in [7, 11) is 0. The molecule has 0 aromatic carbocycles.